The molecular formula is C14H14ClN3S. The summed E-state index contributed by atoms with van der Waals surface area (Å²) in [6.45, 7) is 0.731. The van der Waals surface area contributed by atoms with Crippen LogP contribution in [0.3, 0.4) is 0 Å². The molecule has 3 nitrogen and oxygen atoms in total. The van der Waals surface area contributed by atoms with E-state index in [2.05, 4.69) is 27.4 Å². The first-order valence-corrected chi connectivity index (χ1v) is 7.60. The van der Waals surface area contributed by atoms with Crippen LogP contribution in [0.5, 0.6) is 0 Å². The summed E-state index contributed by atoms with van der Waals surface area (Å²) in [5, 5.41) is 4.35. The molecular weight excluding hydrogens is 278 g/mol. The highest BCUT2D eigenvalue weighted by molar-refractivity contribution is 7.99. The van der Waals surface area contributed by atoms with Gasteiger partial charge in [0.15, 0.2) is 0 Å². The fourth-order valence-electron chi connectivity index (χ4n) is 2.23. The molecule has 2 aromatic rings. The number of fused-ring (bicyclic) bond motifs is 1. The van der Waals surface area contributed by atoms with E-state index in [9.17, 15) is 0 Å². The SMILES string of the molecule is Clc1ccc2c(c1)C(NCc1cnccn1)CCS2. The van der Waals surface area contributed by atoms with E-state index < -0.39 is 0 Å². The van der Waals surface area contributed by atoms with Crippen molar-refractivity contribution >= 4 is 23.4 Å². The summed E-state index contributed by atoms with van der Waals surface area (Å²) in [6.07, 6.45) is 6.32. The van der Waals surface area contributed by atoms with E-state index in [0.717, 1.165) is 29.4 Å². The zero-order chi connectivity index (χ0) is 13.1. The molecule has 0 aliphatic carbocycles. The Balaban J connectivity index is 1.75. The van der Waals surface area contributed by atoms with Crippen LogP contribution in [0.4, 0.5) is 0 Å². The summed E-state index contributed by atoms with van der Waals surface area (Å²) >= 11 is 8.00. The van der Waals surface area contributed by atoms with Gasteiger partial charge >= 0.3 is 0 Å². The molecule has 0 saturated carbocycles. The number of thioether (sulfide) groups is 1. The third-order valence-corrected chi connectivity index (χ3v) is 4.52. The quantitative estimate of drug-likeness (QED) is 0.940. The van der Waals surface area contributed by atoms with Crippen LogP contribution >= 0.6 is 23.4 Å². The Kier molecular flexibility index (Phi) is 4.01. The minimum atomic E-state index is 0.344. The zero-order valence-electron chi connectivity index (χ0n) is 10.3. The van der Waals surface area contributed by atoms with Crippen molar-refractivity contribution in [3.8, 4) is 0 Å². The van der Waals surface area contributed by atoms with Crippen LogP contribution in [0.2, 0.25) is 5.02 Å². The van der Waals surface area contributed by atoms with Crippen LogP contribution in [0.25, 0.3) is 0 Å². The lowest BCUT2D eigenvalue weighted by Gasteiger charge is -2.26. The Bertz CT molecular complexity index is 562. The van der Waals surface area contributed by atoms with E-state index in [-0.39, 0.29) is 0 Å². The number of halogens is 1. The van der Waals surface area contributed by atoms with E-state index >= 15 is 0 Å². The fourth-order valence-corrected chi connectivity index (χ4v) is 3.51. The van der Waals surface area contributed by atoms with E-state index in [1.807, 2.05) is 17.8 Å². The molecule has 98 valence electrons. The Labute approximate surface area is 121 Å². The van der Waals surface area contributed by atoms with Gasteiger partial charge in [-0.05, 0) is 35.9 Å². The Hall–Kier alpha value is -1.10. The molecule has 1 aliphatic heterocycles. The van der Waals surface area contributed by atoms with Crippen molar-refractivity contribution in [3.05, 3.63) is 53.1 Å². The molecule has 3 rings (SSSR count). The van der Waals surface area contributed by atoms with Crippen LogP contribution in [-0.2, 0) is 6.54 Å². The van der Waals surface area contributed by atoms with Gasteiger partial charge in [-0.15, -0.1) is 11.8 Å². The van der Waals surface area contributed by atoms with Crippen LogP contribution in [0.15, 0.2) is 41.7 Å². The van der Waals surface area contributed by atoms with Gasteiger partial charge in [0.1, 0.15) is 0 Å². The van der Waals surface area contributed by atoms with Crippen LogP contribution in [0.1, 0.15) is 23.7 Å². The molecule has 0 amide bonds. The number of hydrogen-bond donors (Lipinski definition) is 1. The molecule has 1 atom stereocenters. The Morgan fingerprint density at radius 3 is 3.16 bits per heavy atom. The van der Waals surface area contributed by atoms with Gasteiger partial charge < -0.3 is 5.32 Å². The van der Waals surface area contributed by atoms with Crippen molar-refractivity contribution in [2.24, 2.45) is 0 Å². The van der Waals surface area contributed by atoms with Gasteiger partial charge in [-0.1, -0.05) is 11.6 Å². The molecule has 19 heavy (non-hydrogen) atoms. The summed E-state index contributed by atoms with van der Waals surface area (Å²) in [7, 11) is 0. The van der Waals surface area contributed by atoms with Gasteiger partial charge in [0.2, 0.25) is 0 Å². The minimum Gasteiger partial charge on any atom is -0.304 e. The lowest BCUT2D eigenvalue weighted by atomic mass is 10.0. The largest absolute Gasteiger partial charge is 0.304 e. The second-order valence-corrected chi connectivity index (χ2v) is 6.02. The molecule has 1 N–H and O–H groups in total. The Morgan fingerprint density at radius 2 is 2.32 bits per heavy atom. The normalized spacial score (nSPS) is 18.1. The third-order valence-electron chi connectivity index (χ3n) is 3.16. The molecule has 1 aromatic heterocycles. The molecule has 5 heteroatoms. The number of hydrogen-bond acceptors (Lipinski definition) is 4. The van der Waals surface area contributed by atoms with Gasteiger partial charge in [0, 0.05) is 41.1 Å². The predicted octanol–water partition coefficient (Wildman–Crippen LogP) is 3.46. The van der Waals surface area contributed by atoms with Crippen molar-refractivity contribution in [2.45, 2.75) is 23.9 Å². The molecule has 0 spiro atoms. The van der Waals surface area contributed by atoms with Crippen molar-refractivity contribution in [2.75, 3.05) is 5.75 Å². The summed E-state index contributed by atoms with van der Waals surface area (Å²) in [4.78, 5) is 9.69. The average Bonchev–Trinajstić information content (AvgIpc) is 2.46. The molecule has 0 radical (unpaired) electrons. The molecule has 0 fully saturated rings. The van der Waals surface area contributed by atoms with Crippen molar-refractivity contribution in [1.82, 2.24) is 15.3 Å². The van der Waals surface area contributed by atoms with Gasteiger partial charge in [-0.3, -0.25) is 9.97 Å². The van der Waals surface area contributed by atoms with Crippen LogP contribution < -0.4 is 5.32 Å². The van der Waals surface area contributed by atoms with Crippen molar-refractivity contribution in [1.29, 1.82) is 0 Å². The second-order valence-electron chi connectivity index (χ2n) is 4.45. The van der Waals surface area contributed by atoms with Crippen LogP contribution in [0, 0.1) is 0 Å². The lowest BCUT2D eigenvalue weighted by Crippen LogP contribution is -2.24. The Morgan fingerprint density at radius 1 is 1.37 bits per heavy atom. The van der Waals surface area contributed by atoms with E-state index in [4.69, 9.17) is 11.6 Å². The number of benzene rings is 1. The van der Waals surface area contributed by atoms with E-state index in [1.165, 1.54) is 10.5 Å². The molecule has 2 heterocycles. The first-order chi connectivity index (χ1) is 9.33. The summed E-state index contributed by atoms with van der Waals surface area (Å²) in [5.74, 6) is 1.13. The standard InChI is InChI=1S/C14H14ClN3S/c15-10-1-2-14-12(7-10)13(3-6-19-14)18-9-11-8-16-4-5-17-11/h1-2,4-5,7-8,13,18H,3,6,9H2. The van der Waals surface area contributed by atoms with Gasteiger partial charge in [-0.2, -0.15) is 0 Å². The highest BCUT2D eigenvalue weighted by atomic mass is 35.5. The minimum absolute atomic E-state index is 0.344. The highest BCUT2D eigenvalue weighted by Crippen LogP contribution is 2.37. The topological polar surface area (TPSA) is 37.8 Å². The van der Waals surface area contributed by atoms with Gasteiger partial charge in [0.05, 0.1) is 5.69 Å². The van der Waals surface area contributed by atoms with Crippen LogP contribution in [-0.4, -0.2) is 15.7 Å². The molecule has 0 saturated heterocycles. The monoisotopic (exact) mass is 291 g/mol. The molecule has 1 unspecified atom stereocenters. The highest BCUT2D eigenvalue weighted by Gasteiger charge is 2.20. The second kappa shape index (κ2) is 5.90. The summed E-state index contributed by atoms with van der Waals surface area (Å²) in [6, 6.07) is 6.48. The molecule has 1 aromatic carbocycles. The zero-order valence-corrected chi connectivity index (χ0v) is 11.9. The average molecular weight is 292 g/mol. The number of nitrogens with zero attached hydrogens (tertiary/aromatic N) is 2. The molecule has 0 bridgehead atoms. The molecule has 1 aliphatic rings. The maximum atomic E-state index is 6.10. The van der Waals surface area contributed by atoms with Crippen molar-refractivity contribution < 1.29 is 0 Å². The third kappa shape index (κ3) is 3.08. The van der Waals surface area contributed by atoms with Gasteiger partial charge in [-0.25, -0.2) is 0 Å². The first kappa shape index (κ1) is 12.9. The van der Waals surface area contributed by atoms with Gasteiger partial charge in [0.25, 0.3) is 0 Å². The van der Waals surface area contributed by atoms with E-state index in [0.29, 0.717) is 6.04 Å². The maximum absolute atomic E-state index is 6.10. The number of rotatable bonds is 3. The first-order valence-electron chi connectivity index (χ1n) is 6.23. The smallest absolute Gasteiger partial charge is 0.0724 e. The van der Waals surface area contributed by atoms with Crippen molar-refractivity contribution in [3.63, 3.8) is 0 Å². The van der Waals surface area contributed by atoms with E-state index in [1.54, 1.807) is 18.6 Å². The fraction of sp³-hybridized carbons (Fsp3) is 0.286. The number of aromatic nitrogens is 2. The number of nitrogens with one attached hydrogen (secondary N) is 1. The maximum Gasteiger partial charge on any atom is 0.0724 e. The summed E-state index contributed by atoms with van der Waals surface area (Å²) in [5.41, 5.74) is 2.26. The predicted molar refractivity (Wildman–Crippen MR) is 78.4 cm³/mol. The summed E-state index contributed by atoms with van der Waals surface area (Å²) < 4.78 is 0. The lowest BCUT2D eigenvalue weighted by molar-refractivity contribution is 0.505.